The molecule has 0 spiro atoms. The fourth-order valence-electron chi connectivity index (χ4n) is 1.25. The summed E-state index contributed by atoms with van der Waals surface area (Å²) >= 11 is 3.21. The van der Waals surface area contributed by atoms with E-state index in [0.717, 1.165) is 0 Å². The zero-order chi connectivity index (χ0) is 13.9. The van der Waals surface area contributed by atoms with Crippen molar-refractivity contribution in [2.75, 3.05) is 5.32 Å². The summed E-state index contributed by atoms with van der Waals surface area (Å²) in [5.41, 5.74) is 5.01. The van der Waals surface area contributed by atoms with Crippen molar-refractivity contribution in [2.45, 2.75) is 25.8 Å². The van der Waals surface area contributed by atoms with Crippen molar-refractivity contribution in [3.8, 4) is 0 Å². The van der Waals surface area contributed by atoms with Gasteiger partial charge in [0, 0.05) is 4.47 Å². The number of anilines is 1. The van der Waals surface area contributed by atoms with E-state index in [1.807, 2.05) is 0 Å². The van der Waals surface area contributed by atoms with Crippen LogP contribution >= 0.6 is 15.9 Å². The lowest BCUT2D eigenvalue weighted by Gasteiger charge is -2.22. The molecule has 1 amide bonds. The average Bonchev–Trinajstić information content (AvgIpc) is 2.31. The molecule has 0 bridgehead atoms. The summed E-state index contributed by atoms with van der Waals surface area (Å²) in [4.78, 5) is 23.0. The number of amides is 1. The molecule has 0 aliphatic rings. The fraction of sp³-hybridized carbons (Fsp3) is 0.333. The zero-order valence-corrected chi connectivity index (χ0v) is 11.7. The molecule has 0 saturated heterocycles. The number of hydrogen-bond donors (Lipinski definition) is 3. The third kappa shape index (κ3) is 3.08. The number of aromatic carboxylic acids is 1. The van der Waals surface area contributed by atoms with Crippen LogP contribution in [0.5, 0.6) is 0 Å². The lowest BCUT2D eigenvalue weighted by molar-refractivity contribution is -0.120. The molecule has 0 aliphatic heterocycles. The highest BCUT2D eigenvalue weighted by molar-refractivity contribution is 9.10. The molecule has 1 aromatic rings. The average molecular weight is 315 g/mol. The minimum atomic E-state index is -1.11. The van der Waals surface area contributed by atoms with Gasteiger partial charge in [-0.15, -0.1) is 0 Å². The lowest BCUT2D eigenvalue weighted by Crippen LogP contribution is -2.48. The van der Waals surface area contributed by atoms with Crippen LogP contribution < -0.4 is 11.1 Å². The van der Waals surface area contributed by atoms with E-state index in [-0.39, 0.29) is 11.3 Å². The number of nitrogens with two attached hydrogens (primary N) is 1. The molecule has 5 nitrogen and oxygen atoms in total. The Morgan fingerprint density at radius 1 is 1.50 bits per heavy atom. The Balaban J connectivity index is 3.12. The van der Waals surface area contributed by atoms with Gasteiger partial charge in [-0.05, 0) is 41.4 Å². The molecule has 1 aromatic carbocycles. The second-order valence-corrected chi connectivity index (χ2v) is 5.05. The third-order valence-corrected chi connectivity index (χ3v) is 3.40. The van der Waals surface area contributed by atoms with Crippen LogP contribution in [0, 0.1) is 0 Å². The van der Waals surface area contributed by atoms with Gasteiger partial charge in [0.2, 0.25) is 5.91 Å². The Kier molecular flexibility index (Phi) is 4.48. The number of carbonyl (C=O) groups is 2. The van der Waals surface area contributed by atoms with Crippen LogP contribution in [0.4, 0.5) is 5.69 Å². The van der Waals surface area contributed by atoms with Gasteiger partial charge in [0.1, 0.15) is 0 Å². The molecular weight excluding hydrogens is 300 g/mol. The first-order chi connectivity index (χ1) is 8.29. The van der Waals surface area contributed by atoms with Gasteiger partial charge in [-0.1, -0.05) is 13.0 Å². The molecule has 0 saturated carbocycles. The second kappa shape index (κ2) is 5.49. The molecule has 98 valence electrons. The van der Waals surface area contributed by atoms with E-state index in [2.05, 4.69) is 21.2 Å². The van der Waals surface area contributed by atoms with Gasteiger partial charge in [0.05, 0.1) is 16.8 Å². The molecule has 4 N–H and O–H groups in total. The molecule has 1 atom stereocenters. The molecule has 6 heteroatoms. The quantitative estimate of drug-likeness (QED) is 0.794. The SMILES string of the molecule is CCC(C)(N)C(=O)Nc1c(Br)cccc1C(=O)O. The molecular formula is C12H15BrN2O3. The van der Waals surface area contributed by atoms with Crippen LogP contribution in [0.2, 0.25) is 0 Å². The van der Waals surface area contributed by atoms with Gasteiger partial charge in [-0.3, -0.25) is 4.79 Å². The van der Waals surface area contributed by atoms with Gasteiger partial charge in [0.25, 0.3) is 0 Å². The van der Waals surface area contributed by atoms with Crippen molar-refractivity contribution in [1.82, 2.24) is 0 Å². The number of carboxylic acid groups (broad SMARTS) is 1. The first kappa shape index (κ1) is 14.7. The van der Waals surface area contributed by atoms with E-state index in [0.29, 0.717) is 10.9 Å². The zero-order valence-electron chi connectivity index (χ0n) is 10.2. The number of carboxylic acids is 1. The Bertz CT molecular complexity index is 486. The first-order valence-corrected chi connectivity index (χ1v) is 6.21. The van der Waals surface area contributed by atoms with Crippen LogP contribution in [0.1, 0.15) is 30.6 Å². The Labute approximate surface area is 113 Å². The Morgan fingerprint density at radius 3 is 2.61 bits per heavy atom. The second-order valence-electron chi connectivity index (χ2n) is 4.19. The molecule has 0 radical (unpaired) electrons. The van der Waals surface area contributed by atoms with Gasteiger partial charge >= 0.3 is 5.97 Å². The molecule has 0 fully saturated rings. The maximum atomic E-state index is 11.9. The number of carbonyl (C=O) groups excluding carboxylic acids is 1. The first-order valence-electron chi connectivity index (χ1n) is 5.41. The van der Waals surface area contributed by atoms with Crippen molar-refractivity contribution in [1.29, 1.82) is 0 Å². The molecule has 0 aromatic heterocycles. The summed E-state index contributed by atoms with van der Waals surface area (Å²) in [7, 11) is 0. The van der Waals surface area contributed by atoms with Crippen molar-refractivity contribution in [2.24, 2.45) is 5.73 Å². The van der Waals surface area contributed by atoms with Crippen LogP contribution in [0.25, 0.3) is 0 Å². The van der Waals surface area contributed by atoms with Crippen molar-refractivity contribution >= 4 is 33.5 Å². The lowest BCUT2D eigenvalue weighted by atomic mass is 9.99. The maximum Gasteiger partial charge on any atom is 0.337 e. The molecule has 0 heterocycles. The van der Waals surface area contributed by atoms with Gasteiger partial charge < -0.3 is 16.2 Å². The van der Waals surface area contributed by atoms with Crippen molar-refractivity contribution in [3.05, 3.63) is 28.2 Å². The Hall–Kier alpha value is -1.40. The predicted octanol–water partition coefficient (Wildman–Crippen LogP) is 2.21. The number of hydrogen-bond acceptors (Lipinski definition) is 3. The highest BCUT2D eigenvalue weighted by atomic mass is 79.9. The third-order valence-electron chi connectivity index (χ3n) is 2.74. The summed E-state index contributed by atoms with van der Waals surface area (Å²) in [5.74, 6) is -1.53. The number of nitrogens with one attached hydrogen (secondary N) is 1. The topological polar surface area (TPSA) is 92.4 Å². The van der Waals surface area contributed by atoms with Crippen molar-refractivity contribution in [3.63, 3.8) is 0 Å². The molecule has 0 aliphatic carbocycles. The van der Waals surface area contributed by atoms with Crippen molar-refractivity contribution < 1.29 is 14.7 Å². The van der Waals surface area contributed by atoms with Gasteiger partial charge in [-0.25, -0.2) is 4.79 Å². The number of para-hydroxylation sites is 1. The minimum absolute atomic E-state index is 0.0182. The van der Waals surface area contributed by atoms with E-state index >= 15 is 0 Å². The minimum Gasteiger partial charge on any atom is -0.478 e. The molecule has 18 heavy (non-hydrogen) atoms. The number of rotatable bonds is 4. The van der Waals surface area contributed by atoms with Crippen LogP contribution in [-0.4, -0.2) is 22.5 Å². The predicted molar refractivity (Wildman–Crippen MR) is 72.6 cm³/mol. The van der Waals surface area contributed by atoms with E-state index in [1.54, 1.807) is 26.0 Å². The number of benzene rings is 1. The van der Waals surface area contributed by atoms with E-state index in [1.165, 1.54) is 6.07 Å². The van der Waals surface area contributed by atoms with Gasteiger partial charge in [-0.2, -0.15) is 0 Å². The number of halogens is 1. The van der Waals surface area contributed by atoms with Crippen LogP contribution in [0.15, 0.2) is 22.7 Å². The molecule has 1 rings (SSSR count). The highest BCUT2D eigenvalue weighted by Gasteiger charge is 2.27. The standard InChI is InChI=1S/C12H15BrN2O3/c1-3-12(2,14)11(18)15-9-7(10(16)17)5-4-6-8(9)13/h4-6H,3,14H2,1-2H3,(H,15,18)(H,16,17). The highest BCUT2D eigenvalue weighted by Crippen LogP contribution is 2.27. The fourth-order valence-corrected chi connectivity index (χ4v) is 1.71. The van der Waals surface area contributed by atoms with E-state index in [9.17, 15) is 9.59 Å². The summed E-state index contributed by atoms with van der Waals surface area (Å²) in [6.45, 7) is 3.39. The largest absolute Gasteiger partial charge is 0.478 e. The summed E-state index contributed by atoms with van der Waals surface area (Å²) in [6.07, 6.45) is 0.450. The van der Waals surface area contributed by atoms with E-state index in [4.69, 9.17) is 10.8 Å². The summed E-state index contributed by atoms with van der Waals surface area (Å²) in [5, 5.41) is 11.6. The monoisotopic (exact) mass is 314 g/mol. The smallest absolute Gasteiger partial charge is 0.337 e. The normalized spacial score (nSPS) is 13.8. The Morgan fingerprint density at radius 2 is 2.11 bits per heavy atom. The van der Waals surface area contributed by atoms with E-state index < -0.39 is 17.4 Å². The van der Waals surface area contributed by atoms with Crippen LogP contribution in [-0.2, 0) is 4.79 Å². The maximum absolute atomic E-state index is 11.9. The summed E-state index contributed by atoms with van der Waals surface area (Å²) in [6, 6.07) is 4.66. The summed E-state index contributed by atoms with van der Waals surface area (Å²) < 4.78 is 0.502. The van der Waals surface area contributed by atoms with Gasteiger partial charge in [0.15, 0.2) is 0 Å². The molecule has 1 unspecified atom stereocenters. The van der Waals surface area contributed by atoms with Crippen LogP contribution in [0.3, 0.4) is 0 Å².